The number of ether oxygens (including phenoxy) is 1. The smallest absolute Gasteiger partial charge is 0.125 e. The number of aliphatic hydroxyl groups excluding tert-OH is 1. The maximum absolute atomic E-state index is 10.5. The largest absolute Gasteiger partial charge is 0.493 e. The Morgan fingerprint density at radius 2 is 1.82 bits per heavy atom. The lowest BCUT2D eigenvalue weighted by atomic mass is 10.0. The average molecular weight is 306 g/mol. The van der Waals surface area contributed by atoms with Crippen LogP contribution in [0, 0.1) is 5.92 Å². The molecule has 2 rings (SSSR count). The number of aliphatic hydroxyl groups is 1. The molecule has 4 nitrogen and oxygen atoms in total. The molecular formula is C18H30N2O2. The average Bonchev–Trinajstić information content (AvgIpc) is 2.52. The summed E-state index contributed by atoms with van der Waals surface area (Å²) in [5.41, 5.74) is 0.914. The van der Waals surface area contributed by atoms with E-state index in [0.717, 1.165) is 50.5 Å². The molecule has 1 aromatic carbocycles. The van der Waals surface area contributed by atoms with Gasteiger partial charge in [0.1, 0.15) is 5.75 Å². The fraction of sp³-hybridized carbons (Fsp3) is 0.667. The van der Waals surface area contributed by atoms with E-state index in [4.69, 9.17) is 4.74 Å². The second-order valence-electron chi connectivity index (χ2n) is 6.69. The molecule has 0 amide bonds. The summed E-state index contributed by atoms with van der Waals surface area (Å²) >= 11 is 0. The van der Waals surface area contributed by atoms with Crippen LogP contribution >= 0.6 is 0 Å². The first-order valence-electron chi connectivity index (χ1n) is 8.37. The second kappa shape index (κ2) is 8.51. The minimum absolute atomic E-state index is 0.456. The number of para-hydroxylation sites is 1. The molecule has 1 aromatic rings. The highest BCUT2D eigenvalue weighted by Crippen LogP contribution is 2.27. The highest BCUT2D eigenvalue weighted by molar-refractivity contribution is 5.35. The van der Waals surface area contributed by atoms with E-state index in [1.165, 1.54) is 0 Å². The molecule has 0 saturated carbocycles. The van der Waals surface area contributed by atoms with Crippen molar-refractivity contribution in [2.24, 2.45) is 5.92 Å². The maximum Gasteiger partial charge on any atom is 0.125 e. The van der Waals surface area contributed by atoms with Crippen LogP contribution < -0.4 is 4.74 Å². The van der Waals surface area contributed by atoms with Gasteiger partial charge in [0.05, 0.1) is 12.7 Å². The SMILES string of the molecule is CC(C)COc1ccccc1C(O)CCN1CCN(C)CC1. The summed E-state index contributed by atoms with van der Waals surface area (Å²) in [6.45, 7) is 10.3. The Morgan fingerprint density at radius 1 is 1.14 bits per heavy atom. The quantitative estimate of drug-likeness (QED) is 0.839. The molecule has 1 atom stereocenters. The summed E-state index contributed by atoms with van der Waals surface area (Å²) < 4.78 is 5.85. The van der Waals surface area contributed by atoms with Crippen molar-refractivity contribution in [3.63, 3.8) is 0 Å². The van der Waals surface area contributed by atoms with E-state index in [1.807, 2.05) is 24.3 Å². The van der Waals surface area contributed by atoms with Crippen molar-refractivity contribution in [1.29, 1.82) is 0 Å². The molecule has 1 aliphatic heterocycles. The monoisotopic (exact) mass is 306 g/mol. The Kier molecular flexibility index (Phi) is 6.68. The minimum atomic E-state index is -0.456. The predicted molar refractivity (Wildman–Crippen MR) is 90.3 cm³/mol. The van der Waals surface area contributed by atoms with Gasteiger partial charge in [-0.25, -0.2) is 0 Å². The van der Waals surface area contributed by atoms with Gasteiger partial charge < -0.3 is 19.6 Å². The number of nitrogens with zero attached hydrogens (tertiary/aromatic N) is 2. The highest BCUT2D eigenvalue weighted by Gasteiger charge is 2.17. The van der Waals surface area contributed by atoms with Crippen LogP contribution in [-0.4, -0.2) is 61.3 Å². The van der Waals surface area contributed by atoms with Crippen molar-refractivity contribution in [2.75, 3.05) is 46.4 Å². The Hall–Kier alpha value is -1.10. The van der Waals surface area contributed by atoms with Crippen LogP contribution in [0.2, 0.25) is 0 Å². The van der Waals surface area contributed by atoms with E-state index in [-0.39, 0.29) is 0 Å². The van der Waals surface area contributed by atoms with Crippen molar-refractivity contribution in [1.82, 2.24) is 9.80 Å². The van der Waals surface area contributed by atoms with Gasteiger partial charge in [0, 0.05) is 38.3 Å². The lowest BCUT2D eigenvalue weighted by Crippen LogP contribution is -2.44. The molecule has 0 bridgehead atoms. The van der Waals surface area contributed by atoms with Crippen LogP contribution in [0.25, 0.3) is 0 Å². The number of hydrogen-bond acceptors (Lipinski definition) is 4. The van der Waals surface area contributed by atoms with Crippen molar-refractivity contribution in [3.8, 4) is 5.75 Å². The molecule has 0 aromatic heterocycles. The lowest BCUT2D eigenvalue weighted by Gasteiger charge is -2.32. The van der Waals surface area contributed by atoms with Gasteiger partial charge in [-0.15, -0.1) is 0 Å². The van der Waals surface area contributed by atoms with Gasteiger partial charge >= 0.3 is 0 Å². The summed E-state index contributed by atoms with van der Waals surface area (Å²) in [4.78, 5) is 4.78. The summed E-state index contributed by atoms with van der Waals surface area (Å²) in [6.07, 6.45) is 0.300. The third kappa shape index (κ3) is 5.27. The van der Waals surface area contributed by atoms with Gasteiger partial charge in [-0.2, -0.15) is 0 Å². The number of benzene rings is 1. The normalized spacial score (nSPS) is 18.6. The fourth-order valence-electron chi connectivity index (χ4n) is 2.68. The zero-order valence-corrected chi connectivity index (χ0v) is 14.2. The van der Waals surface area contributed by atoms with E-state index in [9.17, 15) is 5.11 Å². The molecule has 1 aliphatic rings. The molecule has 1 saturated heterocycles. The number of piperazine rings is 1. The Morgan fingerprint density at radius 3 is 2.50 bits per heavy atom. The van der Waals surface area contributed by atoms with E-state index in [2.05, 4.69) is 30.7 Å². The third-order valence-corrected chi connectivity index (χ3v) is 4.16. The van der Waals surface area contributed by atoms with Crippen LogP contribution in [0.5, 0.6) is 5.75 Å². The van der Waals surface area contributed by atoms with Gasteiger partial charge in [0.2, 0.25) is 0 Å². The molecule has 4 heteroatoms. The molecular weight excluding hydrogens is 276 g/mol. The highest BCUT2D eigenvalue weighted by atomic mass is 16.5. The molecule has 1 unspecified atom stereocenters. The molecule has 0 radical (unpaired) electrons. The zero-order valence-electron chi connectivity index (χ0n) is 14.2. The number of hydrogen-bond donors (Lipinski definition) is 1. The van der Waals surface area contributed by atoms with Crippen LogP contribution in [-0.2, 0) is 0 Å². The van der Waals surface area contributed by atoms with Crippen molar-refractivity contribution >= 4 is 0 Å². The van der Waals surface area contributed by atoms with Crippen LogP contribution in [0.4, 0.5) is 0 Å². The van der Waals surface area contributed by atoms with Gasteiger partial charge in [-0.3, -0.25) is 0 Å². The molecule has 22 heavy (non-hydrogen) atoms. The molecule has 124 valence electrons. The standard InChI is InChI=1S/C18H30N2O2/c1-15(2)14-22-18-7-5-4-6-16(18)17(21)8-9-20-12-10-19(3)11-13-20/h4-7,15,17,21H,8-14H2,1-3H3. The van der Waals surface area contributed by atoms with E-state index in [0.29, 0.717) is 12.5 Å². The first kappa shape index (κ1) is 17.3. The zero-order chi connectivity index (χ0) is 15.9. The summed E-state index contributed by atoms with van der Waals surface area (Å²) in [6, 6.07) is 7.87. The fourth-order valence-corrected chi connectivity index (χ4v) is 2.68. The summed E-state index contributed by atoms with van der Waals surface area (Å²) in [5.74, 6) is 1.30. The minimum Gasteiger partial charge on any atom is -0.493 e. The van der Waals surface area contributed by atoms with Crippen LogP contribution in [0.15, 0.2) is 24.3 Å². The van der Waals surface area contributed by atoms with E-state index < -0.39 is 6.10 Å². The number of likely N-dealkylation sites (N-methyl/N-ethyl adjacent to an activating group) is 1. The van der Waals surface area contributed by atoms with Gasteiger partial charge in [-0.1, -0.05) is 32.0 Å². The molecule has 0 aliphatic carbocycles. The topological polar surface area (TPSA) is 35.9 Å². The predicted octanol–water partition coefficient (Wildman–Crippen LogP) is 2.39. The van der Waals surface area contributed by atoms with Crippen molar-refractivity contribution < 1.29 is 9.84 Å². The van der Waals surface area contributed by atoms with Crippen LogP contribution in [0.3, 0.4) is 0 Å². The number of rotatable bonds is 7. The van der Waals surface area contributed by atoms with E-state index in [1.54, 1.807) is 0 Å². The van der Waals surface area contributed by atoms with Crippen molar-refractivity contribution in [2.45, 2.75) is 26.4 Å². The summed E-state index contributed by atoms with van der Waals surface area (Å²) in [5, 5.41) is 10.5. The summed E-state index contributed by atoms with van der Waals surface area (Å²) in [7, 11) is 2.16. The maximum atomic E-state index is 10.5. The van der Waals surface area contributed by atoms with Crippen molar-refractivity contribution in [3.05, 3.63) is 29.8 Å². The van der Waals surface area contributed by atoms with Gasteiger partial charge in [0.25, 0.3) is 0 Å². The van der Waals surface area contributed by atoms with Gasteiger partial charge in [0.15, 0.2) is 0 Å². The first-order chi connectivity index (χ1) is 10.6. The molecule has 0 spiro atoms. The third-order valence-electron chi connectivity index (χ3n) is 4.16. The first-order valence-corrected chi connectivity index (χ1v) is 8.37. The van der Waals surface area contributed by atoms with Gasteiger partial charge in [-0.05, 0) is 25.5 Å². The van der Waals surface area contributed by atoms with Crippen LogP contribution in [0.1, 0.15) is 31.9 Å². The lowest BCUT2D eigenvalue weighted by molar-refractivity contribution is 0.110. The Labute approximate surface area is 134 Å². The molecule has 1 heterocycles. The molecule has 1 N–H and O–H groups in total. The Bertz CT molecular complexity index is 442. The Balaban J connectivity index is 1.87. The van der Waals surface area contributed by atoms with E-state index >= 15 is 0 Å². The molecule has 1 fully saturated rings. The second-order valence-corrected chi connectivity index (χ2v) is 6.69.